The fraction of sp³-hybridized carbons (Fsp3) is 0.308. The van der Waals surface area contributed by atoms with Crippen LogP contribution >= 0.6 is 23.1 Å². The van der Waals surface area contributed by atoms with Gasteiger partial charge in [0, 0.05) is 22.5 Å². The number of fused-ring (bicyclic) bond motifs is 1. The zero-order valence-corrected chi connectivity index (χ0v) is 13.9. The van der Waals surface area contributed by atoms with Crippen LogP contribution in [0.2, 0.25) is 0 Å². The van der Waals surface area contributed by atoms with Gasteiger partial charge in [0.1, 0.15) is 9.84 Å². The smallest absolute Gasteiger partial charge is 0.275 e. The number of thioether (sulfide) groups is 1. The van der Waals surface area contributed by atoms with Crippen LogP contribution in [0.5, 0.6) is 0 Å². The highest BCUT2D eigenvalue weighted by atomic mass is 32.2. The predicted octanol–water partition coefficient (Wildman–Crippen LogP) is 1.78. The number of benzene rings is 1. The first-order valence-corrected chi connectivity index (χ1v) is 10.2. The van der Waals surface area contributed by atoms with E-state index in [1.165, 1.54) is 29.4 Å². The molecule has 0 fully saturated rings. The van der Waals surface area contributed by atoms with Crippen LogP contribution in [0.4, 0.5) is 0 Å². The van der Waals surface area contributed by atoms with E-state index in [-0.39, 0.29) is 11.7 Å². The van der Waals surface area contributed by atoms with E-state index in [0.717, 1.165) is 15.6 Å². The largest absolute Gasteiger partial charge is 0.289 e. The van der Waals surface area contributed by atoms with E-state index in [2.05, 4.69) is 5.43 Å². The molecule has 1 amide bonds. The summed E-state index contributed by atoms with van der Waals surface area (Å²) in [6.45, 7) is 0. The predicted molar refractivity (Wildman–Crippen MR) is 89.4 cm³/mol. The number of amides is 1. The van der Waals surface area contributed by atoms with Crippen LogP contribution in [-0.4, -0.2) is 32.1 Å². The molecule has 5 nitrogen and oxygen atoms in total. The van der Waals surface area contributed by atoms with E-state index in [1.54, 1.807) is 0 Å². The number of nitrogen functional groups attached to an aromatic ring is 1. The maximum Gasteiger partial charge on any atom is 0.275 e. The summed E-state index contributed by atoms with van der Waals surface area (Å²) in [6.07, 6.45) is 1.22. The van der Waals surface area contributed by atoms with Crippen molar-refractivity contribution < 1.29 is 13.2 Å². The monoisotopic (exact) mass is 344 g/mol. The lowest BCUT2D eigenvalue weighted by atomic mass is 10.1. The van der Waals surface area contributed by atoms with Gasteiger partial charge in [-0.3, -0.25) is 10.2 Å². The van der Waals surface area contributed by atoms with Crippen LogP contribution in [0.3, 0.4) is 0 Å². The Kier molecular flexibility index (Phi) is 5.26. The van der Waals surface area contributed by atoms with Crippen molar-refractivity contribution in [1.29, 1.82) is 0 Å². The van der Waals surface area contributed by atoms with E-state index in [0.29, 0.717) is 16.4 Å². The SMILES string of the molecule is CS(=O)(=O)CCSCc1c(C(=O)NN)sc2ccccc12. The molecule has 1 aromatic carbocycles. The zero-order chi connectivity index (χ0) is 15.5. The molecule has 0 atom stereocenters. The summed E-state index contributed by atoms with van der Waals surface area (Å²) < 4.78 is 23.3. The fourth-order valence-electron chi connectivity index (χ4n) is 1.88. The van der Waals surface area contributed by atoms with Gasteiger partial charge in [0.25, 0.3) is 5.91 Å². The lowest BCUT2D eigenvalue weighted by Crippen LogP contribution is -2.29. The number of hydrazine groups is 1. The molecular weight excluding hydrogens is 328 g/mol. The van der Waals surface area contributed by atoms with Crippen LogP contribution in [-0.2, 0) is 15.6 Å². The van der Waals surface area contributed by atoms with Gasteiger partial charge in [0.15, 0.2) is 0 Å². The Labute approximate surface area is 131 Å². The van der Waals surface area contributed by atoms with Crippen molar-refractivity contribution in [2.75, 3.05) is 17.8 Å². The molecule has 0 aliphatic rings. The summed E-state index contributed by atoms with van der Waals surface area (Å²) in [6, 6.07) is 7.76. The average Bonchev–Trinajstić information content (AvgIpc) is 2.80. The third-order valence-corrected chi connectivity index (χ3v) is 6.28. The number of nitrogens with one attached hydrogen (secondary N) is 1. The molecule has 0 aliphatic heterocycles. The highest BCUT2D eigenvalue weighted by Crippen LogP contribution is 2.33. The first-order chi connectivity index (χ1) is 9.92. The van der Waals surface area contributed by atoms with Gasteiger partial charge in [-0.1, -0.05) is 18.2 Å². The van der Waals surface area contributed by atoms with Crippen LogP contribution < -0.4 is 11.3 Å². The number of carbonyl (C=O) groups excluding carboxylic acids is 1. The number of thiophene rings is 1. The summed E-state index contributed by atoms with van der Waals surface area (Å²) >= 11 is 2.90. The Morgan fingerprint density at radius 3 is 2.76 bits per heavy atom. The van der Waals surface area contributed by atoms with Crippen molar-refractivity contribution >= 4 is 48.9 Å². The van der Waals surface area contributed by atoms with Crippen LogP contribution in [0.15, 0.2) is 24.3 Å². The Bertz CT molecular complexity index is 753. The third kappa shape index (κ3) is 4.19. The molecule has 0 radical (unpaired) electrons. The van der Waals surface area contributed by atoms with Crippen LogP contribution in [0, 0.1) is 0 Å². The van der Waals surface area contributed by atoms with E-state index >= 15 is 0 Å². The highest BCUT2D eigenvalue weighted by Gasteiger charge is 2.17. The minimum Gasteiger partial charge on any atom is -0.289 e. The Hall–Kier alpha value is -1.09. The molecule has 8 heteroatoms. The number of rotatable bonds is 6. The first-order valence-electron chi connectivity index (χ1n) is 6.19. The molecule has 0 spiro atoms. The summed E-state index contributed by atoms with van der Waals surface area (Å²) in [5.74, 6) is 6.15. The zero-order valence-electron chi connectivity index (χ0n) is 11.5. The molecule has 0 aliphatic carbocycles. The van der Waals surface area contributed by atoms with Crippen LogP contribution in [0.1, 0.15) is 15.2 Å². The van der Waals surface area contributed by atoms with E-state index in [1.807, 2.05) is 24.3 Å². The molecular formula is C13H16N2O3S3. The molecule has 0 bridgehead atoms. The third-order valence-electron chi connectivity index (χ3n) is 2.88. The number of sulfone groups is 1. The number of hydrogen-bond acceptors (Lipinski definition) is 6. The highest BCUT2D eigenvalue weighted by molar-refractivity contribution is 8.00. The summed E-state index contributed by atoms with van der Waals surface area (Å²) in [5.41, 5.74) is 3.08. The molecule has 1 aromatic heterocycles. The topological polar surface area (TPSA) is 89.3 Å². The van der Waals surface area contributed by atoms with Gasteiger partial charge in [-0.15, -0.1) is 11.3 Å². The molecule has 0 unspecified atom stereocenters. The molecule has 2 rings (SSSR count). The molecule has 2 aromatic rings. The minimum absolute atomic E-state index is 0.137. The van der Waals surface area contributed by atoms with Gasteiger partial charge in [0.2, 0.25) is 0 Å². The van der Waals surface area contributed by atoms with Gasteiger partial charge in [-0.05, 0) is 17.0 Å². The Morgan fingerprint density at radius 1 is 1.38 bits per heavy atom. The van der Waals surface area contributed by atoms with Gasteiger partial charge >= 0.3 is 0 Å². The lowest BCUT2D eigenvalue weighted by molar-refractivity contribution is 0.0957. The second-order valence-corrected chi connectivity index (χ2v) is 8.98. The minimum atomic E-state index is -2.96. The van der Waals surface area contributed by atoms with E-state index < -0.39 is 9.84 Å². The normalized spacial score (nSPS) is 11.7. The quantitative estimate of drug-likeness (QED) is 0.361. The number of carbonyl (C=O) groups is 1. The van der Waals surface area contributed by atoms with Crippen molar-refractivity contribution in [2.24, 2.45) is 5.84 Å². The van der Waals surface area contributed by atoms with Gasteiger partial charge in [-0.2, -0.15) is 11.8 Å². The number of nitrogens with two attached hydrogens (primary N) is 1. The molecule has 1 heterocycles. The van der Waals surface area contributed by atoms with Gasteiger partial charge in [0.05, 0.1) is 10.6 Å². The maximum absolute atomic E-state index is 11.9. The van der Waals surface area contributed by atoms with Gasteiger partial charge < -0.3 is 0 Å². The standard InChI is InChI=1S/C13H16N2O3S3/c1-21(17,18)7-6-19-8-10-9-4-2-3-5-11(9)20-12(10)13(16)15-14/h2-5H,6-8,14H2,1H3,(H,15,16). The van der Waals surface area contributed by atoms with Gasteiger partial charge in [-0.25, -0.2) is 14.3 Å². The second kappa shape index (κ2) is 6.78. The summed E-state index contributed by atoms with van der Waals surface area (Å²) in [5, 5.41) is 1.02. The van der Waals surface area contributed by atoms with Crippen molar-refractivity contribution in [3.63, 3.8) is 0 Å². The van der Waals surface area contributed by atoms with Crippen molar-refractivity contribution in [2.45, 2.75) is 5.75 Å². The van der Waals surface area contributed by atoms with Crippen LogP contribution in [0.25, 0.3) is 10.1 Å². The lowest BCUT2D eigenvalue weighted by Gasteiger charge is -2.04. The Morgan fingerprint density at radius 2 is 2.10 bits per heavy atom. The number of hydrogen-bond donors (Lipinski definition) is 2. The summed E-state index contributed by atoms with van der Waals surface area (Å²) in [7, 11) is -2.96. The molecule has 114 valence electrons. The fourth-order valence-corrected chi connectivity index (χ4v) is 5.42. The summed E-state index contributed by atoms with van der Waals surface area (Å²) in [4.78, 5) is 12.5. The van der Waals surface area contributed by atoms with Crippen molar-refractivity contribution in [1.82, 2.24) is 5.43 Å². The van der Waals surface area contributed by atoms with E-state index in [9.17, 15) is 13.2 Å². The first kappa shape index (κ1) is 16.3. The average molecular weight is 344 g/mol. The van der Waals surface area contributed by atoms with E-state index in [4.69, 9.17) is 5.84 Å². The molecule has 0 saturated carbocycles. The molecule has 21 heavy (non-hydrogen) atoms. The molecule has 0 saturated heterocycles. The van der Waals surface area contributed by atoms with Crippen molar-refractivity contribution in [3.05, 3.63) is 34.7 Å². The Balaban J connectivity index is 2.22. The van der Waals surface area contributed by atoms with Crippen molar-refractivity contribution in [3.8, 4) is 0 Å². The second-order valence-electron chi connectivity index (χ2n) is 4.56. The molecule has 3 N–H and O–H groups in total. The maximum atomic E-state index is 11.9.